The van der Waals surface area contributed by atoms with Gasteiger partial charge in [0.15, 0.2) is 0 Å². The summed E-state index contributed by atoms with van der Waals surface area (Å²) in [5, 5.41) is 5.54. The SMILES string of the molecule is Cc1[nH]n(-c2nc(-c3ccccc3)cs2)c(=O)c1CC(=O)N1CCOCC1. The second-order valence-corrected chi connectivity index (χ2v) is 7.24. The first-order valence-electron chi connectivity index (χ1n) is 8.81. The van der Waals surface area contributed by atoms with Crippen LogP contribution in [0.25, 0.3) is 16.4 Å². The first-order chi connectivity index (χ1) is 13.1. The lowest BCUT2D eigenvalue weighted by Gasteiger charge is -2.26. The van der Waals surface area contributed by atoms with E-state index in [2.05, 4.69) is 10.1 Å². The van der Waals surface area contributed by atoms with Crippen LogP contribution < -0.4 is 5.56 Å². The smallest absolute Gasteiger partial charge is 0.277 e. The molecule has 1 aromatic carbocycles. The predicted octanol–water partition coefficient (Wildman–Crippen LogP) is 2.00. The Labute approximate surface area is 160 Å². The highest BCUT2D eigenvalue weighted by Gasteiger charge is 2.22. The lowest BCUT2D eigenvalue weighted by molar-refractivity contribution is -0.134. The molecule has 140 valence electrons. The fourth-order valence-electron chi connectivity index (χ4n) is 3.11. The van der Waals surface area contributed by atoms with Gasteiger partial charge in [-0.15, -0.1) is 11.3 Å². The van der Waals surface area contributed by atoms with Gasteiger partial charge >= 0.3 is 0 Å². The van der Waals surface area contributed by atoms with E-state index in [0.29, 0.717) is 42.7 Å². The van der Waals surface area contributed by atoms with Gasteiger partial charge in [-0.2, -0.15) is 4.68 Å². The fourth-order valence-corrected chi connectivity index (χ4v) is 3.90. The highest BCUT2D eigenvalue weighted by molar-refractivity contribution is 7.12. The molecule has 0 spiro atoms. The minimum Gasteiger partial charge on any atom is -0.378 e. The molecule has 0 aliphatic carbocycles. The average Bonchev–Trinajstić information content (AvgIpc) is 3.30. The molecule has 1 saturated heterocycles. The zero-order chi connectivity index (χ0) is 18.8. The molecule has 1 aliphatic rings. The van der Waals surface area contributed by atoms with Crippen LogP contribution in [0.3, 0.4) is 0 Å². The normalized spacial score (nSPS) is 14.5. The van der Waals surface area contributed by atoms with E-state index >= 15 is 0 Å². The Bertz CT molecular complexity index is 1000. The number of ether oxygens (including phenoxy) is 1. The fraction of sp³-hybridized carbons (Fsp3) is 0.316. The molecule has 1 N–H and O–H groups in total. The third kappa shape index (κ3) is 3.58. The second-order valence-electron chi connectivity index (χ2n) is 6.41. The number of benzene rings is 1. The first kappa shape index (κ1) is 17.7. The monoisotopic (exact) mass is 384 g/mol. The molecule has 0 saturated carbocycles. The second kappa shape index (κ2) is 7.50. The van der Waals surface area contributed by atoms with Crippen LogP contribution in [-0.2, 0) is 16.0 Å². The Balaban J connectivity index is 1.59. The van der Waals surface area contributed by atoms with Gasteiger partial charge in [0.25, 0.3) is 5.56 Å². The molecule has 2 aromatic heterocycles. The number of carbonyl (C=O) groups is 1. The van der Waals surface area contributed by atoms with E-state index in [1.807, 2.05) is 42.6 Å². The van der Waals surface area contributed by atoms with Crippen LogP contribution in [0, 0.1) is 6.92 Å². The summed E-state index contributed by atoms with van der Waals surface area (Å²) in [4.78, 5) is 31.7. The molecule has 1 aliphatic heterocycles. The number of hydrogen-bond donors (Lipinski definition) is 1. The van der Waals surface area contributed by atoms with Crippen LogP contribution in [0.2, 0.25) is 0 Å². The number of nitrogens with zero attached hydrogens (tertiary/aromatic N) is 3. The number of aryl methyl sites for hydroxylation is 1. The number of aromatic amines is 1. The third-order valence-corrected chi connectivity index (χ3v) is 5.46. The van der Waals surface area contributed by atoms with Gasteiger partial charge in [0.2, 0.25) is 11.0 Å². The van der Waals surface area contributed by atoms with E-state index in [1.165, 1.54) is 16.0 Å². The summed E-state index contributed by atoms with van der Waals surface area (Å²) in [6.07, 6.45) is 0.0884. The summed E-state index contributed by atoms with van der Waals surface area (Å²) in [5.74, 6) is -0.0474. The lowest BCUT2D eigenvalue weighted by atomic mass is 10.1. The maximum atomic E-state index is 12.9. The van der Waals surface area contributed by atoms with Gasteiger partial charge in [-0.3, -0.25) is 14.7 Å². The van der Waals surface area contributed by atoms with Crippen LogP contribution >= 0.6 is 11.3 Å². The van der Waals surface area contributed by atoms with E-state index in [-0.39, 0.29) is 17.9 Å². The van der Waals surface area contributed by atoms with Gasteiger partial charge in [0, 0.05) is 35.3 Å². The largest absolute Gasteiger partial charge is 0.378 e. The molecule has 7 nitrogen and oxygen atoms in total. The van der Waals surface area contributed by atoms with Crippen molar-refractivity contribution in [2.24, 2.45) is 0 Å². The number of morpholine rings is 1. The van der Waals surface area contributed by atoms with Gasteiger partial charge in [0.05, 0.1) is 25.3 Å². The van der Waals surface area contributed by atoms with Crippen LogP contribution in [0.5, 0.6) is 0 Å². The topological polar surface area (TPSA) is 80.2 Å². The Morgan fingerprint density at radius 1 is 1.26 bits per heavy atom. The minimum atomic E-state index is -0.219. The Hall–Kier alpha value is -2.71. The first-order valence-corrected chi connectivity index (χ1v) is 9.69. The quantitative estimate of drug-likeness (QED) is 0.746. The van der Waals surface area contributed by atoms with E-state index in [9.17, 15) is 9.59 Å². The molecule has 4 rings (SSSR count). The summed E-state index contributed by atoms with van der Waals surface area (Å²) in [6.45, 7) is 4.05. The molecular formula is C19H20N4O3S. The molecule has 1 fully saturated rings. The van der Waals surface area contributed by atoms with Crippen molar-refractivity contribution in [2.75, 3.05) is 26.3 Å². The van der Waals surface area contributed by atoms with E-state index in [1.54, 1.807) is 4.90 Å². The molecule has 0 radical (unpaired) electrons. The zero-order valence-electron chi connectivity index (χ0n) is 15.0. The van der Waals surface area contributed by atoms with Crippen molar-refractivity contribution in [2.45, 2.75) is 13.3 Å². The van der Waals surface area contributed by atoms with Gasteiger partial charge in [-0.1, -0.05) is 30.3 Å². The number of amides is 1. The number of H-pyrrole nitrogens is 1. The molecule has 3 heterocycles. The minimum absolute atomic E-state index is 0.0474. The number of rotatable bonds is 4. The summed E-state index contributed by atoms with van der Waals surface area (Å²) < 4.78 is 6.70. The standard InChI is InChI=1S/C19H20N4O3S/c1-13-15(11-17(24)22-7-9-26-10-8-22)18(25)23(21-13)19-20-16(12-27-19)14-5-3-2-4-6-14/h2-6,12,21H,7-11H2,1H3. The van der Waals surface area contributed by atoms with E-state index in [0.717, 1.165) is 11.3 Å². The van der Waals surface area contributed by atoms with E-state index < -0.39 is 0 Å². The zero-order valence-corrected chi connectivity index (χ0v) is 15.8. The van der Waals surface area contributed by atoms with Crippen molar-refractivity contribution in [1.29, 1.82) is 0 Å². The summed E-state index contributed by atoms with van der Waals surface area (Å²) in [6, 6.07) is 9.82. The summed E-state index contributed by atoms with van der Waals surface area (Å²) in [7, 11) is 0. The number of aromatic nitrogens is 3. The van der Waals surface area contributed by atoms with Crippen LogP contribution in [0.15, 0.2) is 40.5 Å². The van der Waals surface area contributed by atoms with Gasteiger partial charge in [-0.25, -0.2) is 4.98 Å². The number of thiazole rings is 1. The highest BCUT2D eigenvalue weighted by atomic mass is 32.1. The molecule has 0 bridgehead atoms. The van der Waals surface area contributed by atoms with Gasteiger partial charge in [0.1, 0.15) is 0 Å². The summed E-state index contributed by atoms with van der Waals surface area (Å²) in [5.41, 5.74) is 2.78. The maximum absolute atomic E-state index is 12.9. The maximum Gasteiger partial charge on any atom is 0.277 e. The Morgan fingerprint density at radius 2 is 2.00 bits per heavy atom. The molecule has 8 heteroatoms. The highest BCUT2D eigenvalue weighted by Crippen LogP contribution is 2.23. The van der Waals surface area contributed by atoms with Crippen molar-refractivity contribution in [3.63, 3.8) is 0 Å². The van der Waals surface area contributed by atoms with E-state index in [4.69, 9.17) is 4.74 Å². The lowest BCUT2D eigenvalue weighted by Crippen LogP contribution is -2.42. The van der Waals surface area contributed by atoms with Crippen molar-refractivity contribution in [1.82, 2.24) is 19.7 Å². The van der Waals surface area contributed by atoms with Crippen LogP contribution in [0.4, 0.5) is 0 Å². The van der Waals surface area contributed by atoms with Crippen molar-refractivity contribution in [3.8, 4) is 16.4 Å². The molecule has 0 unspecified atom stereocenters. The molecule has 27 heavy (non-hydrogen) atoms. The number of carbonyl (C=O) groups excluding carboxylic acids is 1. The Kier molecular flexibility index (Phi) is 4.91. The summed E-state index contributed by atoms with van der Waals surface area (Å²) >= 11 is 1.39. The van der Waals surface area contributed by atoms with Gasteiger partial charge < -0.3 is 9.64 Å². The predicted molar refractivity (Wildman–Crippen MR) is 103 cm³/mol. The van der Waals surface area contributed by atoms with Crippen molar-refractivity contribution < 1.29 is 9.53 Å². The molecule has 0 atom stereocenters. The van der Waals surface area contributed by atoms with Crippen LogP contribution in [-0.4, -0.2) is 51.9 Å². The van der Waals surface area contributed by atoms with Crippen molar-refractivity contribution in [3.05, 3.63) is 57.3 Å². The van der Waals surface area contributed by atoms with Gasteiger partial charge in [-0.05, 0) is 6.92 Å². The Morgan fingerprint density at radius 3 is 2.74 bits per heavy atom. The molecular weight excluding hydrogens is 364 g/mol. The van der Waals surface area contributed by atoms with Crippen molar-refractivity contribution >= 4 is 17.2 Å². The molecule has 3 aromatic rings. The number of nitrogens with one attached hydrogen (secondary N) is 1. The van der Waals surface area contributed by atoms with Crippen LogP contribution in [0.1, 0.15) is 11.3 Å². The third-order valence-electron chi connectivity index (χ3n) is 4.64. The number of hydrogen-bond acceptors (Lipinski definition) is 5. The average molecular weight is 384 g/mol. The molecule has 1 amide bonds.